The van der Waals surface area contributed by atoms with Crippen LogP contribution in [0.4, 0.5) is 0 Å². The number of rotatable bonds is 6. The van der Waals surface area contributed by atoms with Crippen molar-refractivity contribution in [2.45, 2.75) is 16.4 Å². The molecule has 0 radical (unpaired) electrons. The van der Waals surface area contributed by atoms with Crippen LogP contribution in [0, 0.1) is 0 Å². The predicted octanol–water partition coefficient (Wildman–Crippen LogP) is 3.39. The molecule has 2 unspecified atom stereocenters. The summed E-state index contributed by atoms with van der Waals surface area (Å²) in [6.07, 6.45) is 0. The normalized spacial score (nSPS) is 13.6. The van der Waals surface area contributed by atoms with Gasteiger partial charge in [-0.3, -0.25) is 8.42 Å². The van der Waals surface area contributed by atoms with E-state index in [1.165, 1.54) is 5.41 Å². The standard InChI is InChI=1S/C16H16O2S2/c1-2-19(17)12-14-8-10-15(11-9-14)13-20(18)16-6-4-3-5-7-16/h2-11H,1,12-13H2. The molecule has 0 spiro atoms. The summed E-state index contributed by atoms with van der Waals surface area (Å²) < 4.78 is 23.5. The second-order valence-corrected chi connectivity index (χ2v) is 7.15. The van der Waals surface area contributed by atoms with Gasteiger partial charge in [-0.2, -0.15) is 0 Å². The molecule has 0 saturated heterocycles. The van der Waals surface area contributed by atoms with Gasteiger partial charge in [0.25, 0.3) is 0 Å². The van der Waals surface area contributed by atoms with E-state index in [0.717, 1.165) is 16.0 Å². The van der Waals surface area contributed by atoms with Crippen molar-refractivity contribution < 1.29 is 8.42 Å². The van der Waals surface area contributed by atoms with E-state index in [9.17, 15) is 8.42 Å². The molecule has 2 rings (SSSR count). The lowest BCUT2D eigenvalue weighted by Crippen LogP contribution is -1.97. The minimum atomic E-state index is -1.03. The molecular formula is C16H16O2S2. The molecule has 20 heavy (non-hydrogen) atoms. The highest BCUT2D eigenvalue weighted by atomic mass is 32.2. The van der Waals surface area contributed by atoms with Crippen molar-refractivity contribution in [1.82, 2.24) is 0 Å². The Morgan fingerprint density at radius 1 is 0.850 bits per heavy atom. The average molecular weight is 304 g/mol. The first-order valence-corrected chi connectivity index (χ1v) is 8.90. The van der Waals surface area contributed by atoms with Gasteiger partial charge in [0.15, 0.2) is 0 Å². The number of benzene rings is 2. The van der Waals surface area contributed by atoms with Gasteiger partial charge in [-0.1, -0.05) is 49.0 Å². The Bertz CT molecular complexity index is 619. The lowest BCUT2D eigenvalue weighted by atomic mass is 10.2. The molecule has 0 heterocycles. The Kier molecular flexibility index (Phi) is 5.44. The van der Waals surface area contributed by atoms with Crippen LogP contribution in [-0.4, -0.2) is 8.42 Å². The molecule has 4 heteroatoms. The molecule has 0 aliphatic heterocycles. The third-order valence-corrected chi connectivity index (χ3v) is 5.20. The third kappa shape index (κ3) is 4.25. The van der Waals surface area contributed by atoms with E-state index in [4.69, 9.17) is 0 Å². The quantitative estimate of drug-likeness (QED) is 0.820. The van der Waals surface area contributed by atoms with Crippen molar-refractivity contribution in [2.75, 3.05) is 0 Å². The van der Waals surface area contributed by atoms with Gasteiger partial charge in [0.2, 0.25) is 0 Å². The van der Waals surface area contributed by atoms with Crippen LogP contribution in [0.2, 0.25) is 0 Å². The average Bonchev–Trinajstić information content (AvgIpc) is 2.50. The Hall–Kier alpha value is -1.52. The highest BCUT2D eigenvalue weighted by Crippen LogP contribution is 2.13. The maximum absolute atomic E-state index is 12.2. The summed E-state index contributed by atoms with van der Waals surface area (Å²) in [5.74, 6) is 0.973. The van der Waals surface area contributed by atoms with E-state index in [0.29, 0.717) is 11.5 Å². The van der Waals surface area contributed by atoms with Crippen LogP contribution in [0.3, 0.4) is 0 Å². The Labute approximate surface area is 124 Å². The van der Waals surface area contributed by atoms with E-state index in [-0.39, 0.29) is 0 Å². The van der Waals surface area contributed by atoms with Crippen LogP contribution in [-0.2, 0) is 33.1 Å². The molecule has 0 N–H and O–H groups in total. The molecule has 0 bridgehead atoms. The second-order valence-electron chi connectivity index (χ2n) is 4.31. The van der Waals surface area contributed by atoms with Crippen molar-refractivity contribution in [1.29, 1.82) is 0 Å². The van der Waals surface area contributed by atoms with Gasteiger partial charge >= 0.3 is 0 Å². The summed E-state index contributed by atoms with van der Waals surface area (Å²) in [5, 5.41) is 1.44. The molecule has 0 aliphatic rings. The predicted molar refractivity (Wildman–Crippen MR) is 85.0 cm³/mol. The van der Waals surface area contributed by atoms with Gasteiger partial charge in [-0.05, 0) is 28.7 Å². The maximum atomic E-state index is 12.2. The first-order chi connectivity index (χ1) is 9.69. The van der Waals surface area contributed by atoms with Crippen molar-refractivity contribution in [2.24, 2.45) is 0 Å². The van der Waals surface area contributed by atoms with Crippen molar-refractivity contribution in [3.8, 4) is 0 Å². The first kappa shape index (κ1) is 14.9. The molecule has 0 saturated carbocycles. The van der Waals surface area contributed by atoms with E-state index < -0.39 is 21.6 Å². The van der Waals surface area contributed by atoms with Crippen molar-refractivity contribution >= 4 is 21.6 Å². The third-order valence-electron chi connectivity index (χ3n) is 2.82. The van der Waals surface area contributed by atoms with E-state index in [2.05, 4.69) is 6.58 Å². The fraction of sp³-hybridized carbons (Fsp3) is 0.125. The molecule has 104 valence electrons. The maximum Gasteiger partial charge on any atom is 0.0574 e. The van der Waals surface area contributed by atoms with Gasteiger partial charge < -0.3 is 0 Å². The molecule has 2 nitrogen and oxygen atoms in total. The van der Waals surface area contributed by atoms with Gasteiger partial charge in [-0.15, -0.1) is 0 Å². The van der Waals surface area contributed by atoms with Crippen molar-refractivity contribution in [3.05, 3.63) is 77.7 Å². The van der Waals surface area contributed by atoms with Gasteiger partial charge in [0.05, 0.1) is 22.3 Å². The van der Waals surface area contributed by atoms with E-state index in [1.54, 1.807) is 0 Å². The lowest BCUT2D eigenvalue weighted by molar-refractivity contribution is 0.682. The smallest absolute Gasteiger partial charge is 0.0574 e. The van der Waals surface area contributed by atoms with E-state index >= 15 is 0 Å². The second kappa shape index (κ2) is 7.31. The number of hydrogen-bond acceptors (Lipinski definition) is 2. The monoisotopic (exact) mass is 304 g/mol. The van der Waals surface area contributed by atoms with Crippen LogP contribution in [0.5, 0.6) is 0 Å². The fourth-order valence-corrected chi connectivity index (χ4v) is 3.52. The summed E-state index contributed by atoms with van der Waals surface area (Å²) in [7, 11) is -2.05. The Morgan fingerprint density at radius 2 is 1.40 bits per heavy atom. The summed E-state index contributed by atoms with van der Waals surface area (Å²) in [6, 6.07) is 17.2. The largest absolute Gasteiger partial charge is 0.255 e. The first-order valence-electron chi connectivity index (χ1n) is 6.20. The van der Waals surface area contributed by atoms with Crippen LogP contribution in [0.25, 0.3) is 0 Å². The molecule has 0 aromatic heterocycles. The van der Waals surface area contributed by atoms with Crippen LogP contribution >= 0.6 is 0 Å². The fourth-order valence-electron chi connectivity index (χ4n) is 1.76. The summed E-state index contributed by atoms with van der Waals surface area (Å²) in [5.41, 5.74) is 2.01. The van der Waals surface area contributed by atoms with Gasteiger partial charge in [0.1, 0.15) is 0 Å². The molecular weight excluding hydrogens is 288 g/mol. The highest BCUT2D eigenvalue weighted by molar-refractivity contribution is 7.87. The Balaban J connectivity index is 2.02. The summed E-state index contributed by atoms with van der Waals surface area (Å²) >= 11 is 0. The zero-order valence-electron chi connectivity index (χ0n) is 11.0. The Morgan fingerprint density at radius 3 is 1.95 bits per heavy atom. The molecule has 2 atom stereocenters. The topological polar surface area (TPSA) is 34.1 Å². The van der Waals surface area contributed by atoms with Crippen LogP contribution in [0.15, 0.2) is 71.5 Å². The molecule has 0 amide bonds. The highest BCUT2D eigenvalue weighted by Gasteiger charge is 2.05. The molecule has 0 fully saturated rings. The molecule has 0 aliphatic carbocycles. The summed E-state index contributed by atoms with van der Waals surface area (Å²) in [4.78, 5) is 0.837. The van der Waals surface area contributed by atoms with E-state index in [1.807, 2.05) is 54.6 Å². The lowest BCUT2D eigenvalue weighted by Gasteiger charge is -2.04. The van der Waals surface area contributed by atoms with Gasteiger partial charge in [-0.25, -0.2) is 0 Å². The van der Waals surface area contributed by atoms with Gasteiger partial charge in [0, 0.05) is 15.7 Å². The number of hydrogen-bond donors (Lipinski definition) is 0. The summed E-state index contributed by atoms with van der Waals surface area (Å²) in [6.45, 7) is 3.51. The van der Waals surface area contributed by atoms with Crippen LogP contribution in [0.1, 0.15) is 11.1 Å². The molecule has 2 aromatic carbocycles. The molecule has 2 aromatic rings. The SMILES string of the molecule is C=CS(=O)Cc1ccc(CS(=O)c2ccccc2)cc1. The zero-order valence-corrected chi connectivity index (χ0v) is 12.7. The van der Waals surface area contributed by atoms with Crippen molar-refractivity contribution in [3.63, 3.8) is 0 Å². The minimum absolute atomic E-state index is 0.478. The zero-order chi connectivity index (χ0) is 14.4. The minimum Gasteiger partial charge on any atom is -0.255 e. The van der Waals surface area contributed by atoms with Crippen LogP contribution < -0.4 is 0 Å².